The second-order valence-electron chi connectivity index (χ2n) is 3.55. The van der Waals surface area contributed by atoms with Gasteiger partial charge >= 0.3 is 5.97 Å². The van der Waals surface area contributed by atoms with E-state index in [4.69, 9.17) is 9.47 Å². The van der Waals surface area contributed by atoms with E-state index in [0.29, 0.717) is 31.6 Å². The summed E-state index contributed by atoms with van der Waals surface area (Å²) >= 11 is 0. The Hall–Kier alpha value is -1.85. The maximum Gasteiger partial charge on any atom is 0.307 e. The fraction of sp³-hybridized carbons (Fsp3) is 0.583. The number of esters is 1. The zero-order chi connectivity index (χ0) is 13.2. The second-order valence-corrected chi connectivity index (χ2v) is 3.55. The molecule has 0 fully saturated rings. The van der Waals surface area contributed by atoms with Crippen LogP contribution in [0.4, 0.5) is 5.95 Å². The van der Waals surface area contributed by atoms with Crippen molar-refractivity contribution < 1.29 is 14.3 Å². The van der Waals surface area contributed by atoms with Crippen molar-refractivity contribution in [3.8, 4) is 5.88 Å². The Labute approximate surface area is 107 Å². The van der Waals surface area contributed by atoms with Crippen molar-refractivity contribution in [3.63, 3.8) is 0 Å². The topological polar surface area (TPSA) is 73.3 Å². The van der Waals surface area contributed by atoms with Gasteiger partial charge in [-0.3, -0.25) is 4.79 Å². The Morgan fingerprint density at radius 3 is 3.00 bits per heavy atom. The van der Waals surface area contributed by atoms with Crippen molar-refractivity contribution >= 4 is 11.9 Å². The molecule has 0 unspecified atom stereocenters. The molecule has 0 atom stereocenters. The van der Waals surface area contributed by atoms with Crippen molar-refractivity contribution in [1.82, 2.24) is 9.97 Å². The van der Waals surface area contributed by atoms with E-state index in [1.54, 1.807) is 19.2 Å². The van der Waals surface area contributed by atoms with E-state index in [1.165, 1.54) is 0 Å². The number of hydrogen-bond donors (Lipinski definition) is 1. The summed E-state index contributed by atoms with van der Waals surface area (Å²) in [5.41, 5.74) is 0. The summed E-state index contributed by atoms with van der Waals surface area (Å²) in [6.45, 7) is 5.27. The number of anilines is 1. The molecule has 1 rings (SSSR count). The normalized spacial score (nSPS) is 9.89. The van der Waals surface area contributed by atoms with Crippen LogP contribution in [0.25, 0.3) is 0 Å². The van der Waals surface area contributed by atoms with Crippen LogP contribution in [0.15, 0.2) is 12.3 Å². The van der Waals surface area contributed by atoms with E-state index >= 15 is 0 Å². The van der Waals surface area contributed by atoms with Gasteiger partial charge < -0.3 is 14.8 Å². The average molecular weight is 253 g/mol. The highest BCUT2D eigenvalue weighted by atomic mass is 16.5. The first-order chi connectivity index (χ1) is 8.76. The number of ether oxygens (including phenoxy) is 2. The fourth-order valence-electron chi connectivity index (χ4n) is 1.22. The minimum absolute atomic E-state index is 0.233. The molecule has 18 heavy (non-hydrogen) atoms. The lowest BCUT2D eigenvalue weighted by molar-refractivity contribution is -0.142. The Bertz CT molecular complexity index is 371. The van der Waals surface area contributed by atoms with E-state index < -0.39 is 0 Å². The quantitative estimate of drug-likeness (QED) is 0.710. The minimum atomic E-state index is -0.233. The Kier molecular flexibility index (Phi) is 6.53. The summed E-state index contributed by atoms with van der Waals surface area (Å²) < 4.78 is 10.2. The van der Waals surface area contributed by atoms with Crippen molar-refractivity contribution in [2.24, 2.45) is 0 Å². The molecule has 0 radical (unpaired) electrons. The van der Waals surface area contributed by atoms with Crippen LogP contribution in [0.5, 0.6) is 5.88 Å². The maximum atomic E-state index is 11.1. The highest BCUT2D eigenvalue weighted by Crippen LogP contribution is 2.08. The molecule has 1 aromatic heterocycles. The molecule has 6 nitrogen and oxygen atoms in total. The van der Waals surface area contributed by atoms with Gasteiger partial charge in [-0.2, -0.15) is 4.98 Å². The molecule has 0 saturated carbocycles. The van der Waals surface area contributed by atoms with Gasteiger partial charge in [-0.15, -0.1) is 0 Å². The van der Waals surface area contributed by atoms with E-state index in [1.807, 2.05) is 6.92 Å². The van der Waals surface area contributed by atoms with E-state index in [2.05, 4.69) is 15.3 Å². The molecule has 0 aliphatic carbocycles. The summed E-state index contributed by atoms with van der Waals surface area (Å²) in [6, 6.07) is 1.70. The van der Waals surface area contributed by atoms with Crippen molar-refractivity contribution in [3.05, 3.63) is 12.3 Å². The summed E-state index contributed by atoms with van der Waals surface area (Å²) in [7, 11) is 0. The first-order valence-corrected chi connectivity index (χ1v) is 6.11. The molecule has 0 saturated heterocycles. The smallest absolute Gasteiger partial charge is 0.307 e. The van der Waals surface area contributed by atoms with Gasteiger partial charge in [0.1, 0.15) is 0 Å². The molecule has 0 bridgehead atoms. The number of rotatable bonds is 8. The van der Waals surface area contributed by atoms with Crippen LogP contribution in [0.1, 0.15) is 26.7 Å². The van der Waals surface area contributed by atoms with Crippen LogP contribution in [-0.4, -0.2) is 35.7 Å². The van der Waals surface area contributed by atoms with Gasteiger partial charge in [0.15, 0.2) is 0 Å². The van der Waals surface area contributed by atoms with Gasteiger partial charge in [-0.1, -0.05) is 6.92 Å². The van der Waals surface area contributed by atoms with Crippen LogP contribution in [0, 0.1) is 0 Å². The molecule has 1 heterocycles. The number of nitrogens with zero attached hydrogens (tertiary/aromatic N) is 2. The molecule has 0 aromatic carbocycles. The molecule has 0 aliphatic rings. The van der Waals surface area contributed by atoms with Gasteiger partial charge in [-0.25, -0.2) is 4.98 Å². The zero-order valence-corrected chi connectivity index (χ0v) is 10.8. The third-order valence-corrected chi connectivity index (χ3v) is 2.00. The zero-order valence-electron chi connectivity index (χ0n) is 10.8. The monoisotopic (exact) mass is 253 g/mol. The van der Waals surface area contributed by atoms with Crippen molar-refractivity contribution in [1.29, 1.82) is 0 Å². The molecular weight excluding hydrogens is 234 g/mol. The number of aromatic nitrogens is 2. The number of carbonyl (C=O) groups excluding carboxylic acids is 1. The van der Waals surface area contributed by atoms with E-state index in [0.717, 1.165) is 6.42 Å². The predicted octanol–water partition coefficient (Wildman–Crippen LogP) is 1.63. The van der Waals surface area contributed by atoms with Gasteiger partial charge in [-0.05, 0) is 13.3 Å². The number of nitrogens with one attached hydrogen (secondary N) is 1. The number of carbonyl (C=O) groups is 1. The highest BCUT2D eigenvalue weighted by Gasteiger charge is 2.03. The molecule has 1 aromatic rings. The Morgan fingerprint density at radius 1 is 1.44 bits per heavy atom. The van der Waals surface area contributed by atoms with Crippen LogP contribution < -0.4 is 10.1 Å². The molecule has 0 spiro atoms. The van der Waals surface area contributed by atoms with Crippen LogP contribution in [0.2, 0.25) is 0 Å². The third kappa shape index (κ3) is 5.47. The first-order valence-electron chi connectivity index (χ1n) is 6.11. The molecule has 6 heteroatoms. The molecular formula is C12H19N3O3. The summed E-state index contributed by atoms with van der Waals surface area (Å²) in [6.07, 6.45) is 2.83. The van der Waals surface area contributed by atoms with Gasteiger partial charge in [0.05, 0.1) is 19.6 Å². The Morgan fingerprint density at radius 2 is 2.28 bits per heavy atom. The molecule has 0 amide bonds. The summed E-state index contributed by atoms with van der Waals surface area (Å²) in [4.78, 5) is 19.3. The third-order valence-electron chi connectivity index (χ3n) is 2.00. The summed E-state index contributed by atoms with van der Waals surface area (Å²) in [5.74, 6) is 0.752. The van der Waals surface area contributed by atoms with Crippen molar-refractivity contribution in [2.75, 3.05) is 25.1 Å². The van der Waals surface area contributed by atoms with E-state index in [-0.39, 0.29) is 12.4 Å². The van der Waals surface area contributed by atoms with Gasteiger partial charge in [0, 0.05) is 18.8 Å². The Balaban J connectivity index is 2.35. The average Bonchev–Trinajstić information content (AvgIpc) is 2.37. The standard InChI is InChI=1S/C12H19N3O3/c1-3-9-18-10-5-7-13-12(15-10)14-8-6-11(16)17-4-2/h5,7H,3-4,6,8-9H2,1-2H3,(H,13,14,15). The van der Waals surface area contributed by atoms with Crippen LogP contribution in [0.3, 0.4) is 0 Å². The minimum Gasteiger partial charge on any atom is -0.478 e. The molecule has 1 N–H and O–H groups in total. The molecule has 100 valence electrons. The lowest BCUT2D eigenvalue weighted by Crippen LogP contribution is -2.13. The van der Waals surface area contributed by atoms with E-state index in [9.17, 15) is 4.79 Å². The summed E-state index contributed by atoms with van der Waals surface area (Å²) in [5, 5.41) is 2.95. The fourth-order valence-corrected chi connectivity index (χ4v) is 1.22. The first kappa shape index (κ1) is 14.2. The highest BCUT2D eigenvalue weighted by molar-refractivity contribution is 5.69. The SMILES string of the molecule is CCCOc1ccnc(NCCC(=O)OCC)n1. The van der Waals surface area contributed by atoms with Crippen LogP contribution >= 0.6 is 0 Å². The lowest BCUT2D eigenvalue weighted by Gasteiger charge is -2.07. The molecule has 0 aliphatic heterocycles. The van der Waals surface area contributed by atoms with Crippen molar-refractivity contribution in [2.45, 2.75) is 26.7 Å². The van der Waals surface area contributed by atoms with Gasteiger partial charge in [0.2, 0.25) is 11.8 Å². The predicted molar refractivity (Wildman–Crippen MR) is 67.6 cm³/mol. The lowest BCUT2D eigenvalue weighted by atomic mass is 10.4. The van der Waals surface area contributed by atoms with Crippen LogP contribution in [-0.2, 0) is 9.53 Å². The second kappa shape index (κ2) is 8.27. The number of hydrogen-bond acceptors (Lipinski definition) is 6. The maximum absolute atomic E-state index is 11.1. The largest absolute Gasteiger partial charge is 0.478 e. The van der Waals surface area contributed by atoms with Gasteiger partial charge in [0.25, 0.3) is 0 Å².